The molecule has 208 valence electrons. The fourth-order valence-corrected chi connectivity index (χ4v) is 4.94. The van der Waals surface area contributed by atoms with Crippen molar-refractivity contribution in [2.75, 3.05) is 38.5 Å². The Balaban J connectivity index is 1.40. The maximum atomic E-state index is 13.4. The van der Waals surface area contributed by atoms with Crippen molar-refractivity contribution in [3.05, 3.63) is 64.0 Å². The van der Waals surface area contributed by atoms with Gasteiger partial charge in [-0.15, -0.1) is 0 Å². The Labute approximate surface area is 234 Å². The average Bonchev–Trinajstić information content (AvgIpc) is 3.52. The molecule has 0 saturated carbocycles. The van der Waals surface area contributed by atoms with E-state index < -0.39 is 0 Å². The molecule has 0 radical (unpaired) electrons. The molecule has 0 saturated heterocycles. The number of hydrogen-bond donors (Lipinski definition) is 2. The summed E-state index contributed by atoms with van der Waals surface area (Å²) >= 11 is 6.17. The van der Waals surface area contributed by atoms with Gasteiger partial charge in [0, 0.05) is 55.4 Å². The number of benzene rings is 2. The van der Waals surface area contributed by atoms with Gasteiger partial charge in [0.15, 0.2) is 0 Å². The fraction of sp³-hybridized carbons (Fsp3) is 0.448. The standard InChI is InChI=1S/C29H37ClN6O3/c1-18(2)31-10-11-36(17-28(38)35(5)25-13-21-8-9-24(30)12-23(21)14-25)27(37)16-32-26-15-22(7-6-19(26)3)29-33-20(4)39-34-29/h6-9,12,15,18,25,31-32H,10-11,13-14,16-17H2,1-5H3. The van der Waals surface area contributed by atoms with Crippen LogP contribution in [0.5, 0.6) is 0 Å². The highest BCUT2D eigenvalue weighted by molar-refractivity contribution is 6.30. The minimum atomic E-state index is -0.149. The van der Waals surface area contributed by atoms with Gasteiger partial charge in [0.25, 0.3) is 0 Å². The average molecular weight is 553 g/mol. The van der Waals surface area contributed by atoms with Crippen LogP contribution in [0.25, 0.3) is 11.4 Å². The van der Waals surface area contributed by atoms with Gasteiger partial charge in [-0.1, -0.05) is 48.8 Å². The third-order valence-corrected chi connectivity index (χ3v) is 7.32. The van der Waals surface area contributed by atoms with Crippen LogP contribution in [0, 0.1) is 13.8 Å². The third-order valence-electron chi connectivity index (χ3n) is 7.09. The van der Waals surface area contributed by atoms with Crippen LogP contribution in [0.2, 0.25) is 5.02 Å². The number of rotatable bonds is 11. The summed E-state index contributed by atoms with van der Waals surface area (Å²) in [5.74, 6) is 0.750. The number of anilines is 1. The fourth-order valence-electron chi connectivity index (χ4n) is 4.75. The first kappa shape index (κ1) is 28.6. The monoisotopic (exact) mass is 552 g/mol. The van der Waals surface area contributed by atoms with E-state index in [9.17, 15) is 9.59 Å². The van der Waals surface area contributed by atoms with Gasteiger partial charge in [-0.25, -0.2) is 0 Å². The van der Waals surface area contributed by atoms with E-state index in [-0.39, 0.29) is 37.0 Å². The highest BCUT2D eigenvalue weighted by atomic mass is 35.5. The zero-order valence-electron chi connectivity index (χ0n) is 23.3. The molecule has 4 rings (SSSR count). The minimum Gasteiger partial charge on any atom is -0.376 e. The van der Waals surface area contributed by atoms with Crippen LogP contribution in [0.4, 0.5) is 5.69 Å². The molecule has 3 aromatic rings. The van der Waals surface area contributed by atoms with Crippen LogP contribution in [-0.4, -0.2) is 77.1 Å². The van der Waals surface area contributed by atoms with Crippen molar-refractivity contribution >= 4 is 29.1 Å². The molecule has 2 amide bonds. The maximum absolute atomic E-state index is 13.4. The number of hydrogen-bond acceptors (Lipinski definition) is 7. The maximum Gasteiger partial charge on any atom is 0.242 e. The minimum absolute atomic E-state index is 0.0194. The van der Waals surface area contributed by atoms with Crippen LogP contribution in [0.15, 0.2) is 40.9 Å². The number of amides is 2. The lowest BCUT2D eigenvalue weighted by molar-refractivity contribution is -0.140. The molecule has 0 fully saturated rings. The van der Waals surface area contributed by atoms with Crippen LogP contribution in [-0.2, 0) is 22.4 Å². The zero-order chi connectivity index (χ0) is 28.1. The molecule has 1 heterocycles. The van der Waals surface area contributed by atoms with Crippen LogP contribution in [0.3, 0.4) is 0 Å². The predicted octanol–water partition coefficient (Wildman–Crippen LogP) is 3.87. The largest absolute Gasteiger partial charge is 0.376 e. The molecule has 39 heavy (non-hydrogen) atoms. The topological polar surface area (TPSA) is 104 Å². The van der Waals surface area contributed by atoms with Crippen molar-refractivity contribution in [2.45, 2.75) is 52.6 Å². The summed E-state index contributed by atoms with van der Waals surface area (Å²) in [6.45, 7) is 8.92. The van der Waals surface area contributed by atoms with Gasteiger partial charge < -0.3 is 25.0 Å². The van der Waals surface area contributed by atoms with E-state index in [1.807, 2.05) is 50.4 Å². The summed E-state index contributed by atoms with van der Waals surface area (Å²) in [4.78, 5) is 34.4. The van der Waals surface area contributed by atoms with Crippen molar-refractivity contribution in [3.63, 3.8) is 0 Å². The molecular formula is C29H37ClN6O3. The van der Waals surface area contributed by atoms with Gasteiger partial charge in [-0.05, 0) is 54.7 Å². The van der Waals surface area contributed by atoms with E-state index in [2.05, 4.69) is 34.6 Å². The van der Waals surface area contributed by atoms with Gasteiger partial charge in [0.1, 0.15) is 0 Å². The molecule has 1 unspecified atom stereocenters. The second kappa shape index (κ2) is 12.6. The molecule has 0 bridgehead atoms. The van der Waals surface area contributed by atoms with Gasteiger partial charge >= 0.3 is 0 Å². The first-order valence-corrected chi connectivity index (χ1v) is 13.7. The summed E-state index contributed by atoms with van der Waals surface area (Å²) in [5, 5.41) is 11.3. The second-order valence-corrected chi connectivity index (χ2v) is 10.9. The van der Waals surface area contributed by atoms with Gasteiger partial charge in [-0.2, -0.15) is 4.98 Å². The summed E-state index contributed by atoms with van der Waals surface area (Å²) in [7, 11) is 1.82. The number of halogens is 1. The number of nitrogens with zero attached hydrogens (tertiary/aromatic N) is 4. The Morgan fingerprint density at radius 1 is 1.10 bits per heavy atom. The molecule has 1 atom stereocenters. The highest BCUT2D eigenvalue weighted by Crippen LogP contribution is 2.28. The molecule has 0 aliphatic heterocycles. The second-order valence-electron chi connectivity index (χ2n) is 10.4. The number of nitrogens with one attached hydrogen (secondary N) is 2. The lowest BCUT2D eigenvalue weighted by Gasteiger charge is -2.29. The van der Waals surface area contributed by atoms with Crippen molar-refractivity contribution in [1.82, 2.24) is 25.3 Å². The molecule has 0 spiro atoms. The van der Waals surface area contributed by atoms with E-state index in [1.54, 1.807) is 16.7 Å². The van der Waals surface area contributed by atoms with E-state index in [1.165, 1.54) is 11.1 Å². The summed E-state index contributed by atoms with van der Waals surface area (Å²) < 4.78 is 5.10. The summed E-state index contributed by atoms with van der Waals surface area (Å²) in [6, 6.07) is 12.0. The van der Waals surface area contributed by atoms with Crippen LogP contribution < -0.4 is 10.6 Å². The Hall–Kier alpha value is -3.43. The van der Waals surface area contributed by atoms with Gasteiger partial charge in [0.2, 0.25) is 23.5 Å². The summed E-state index contributed by atoms with van der Waals surface area (Å²) in [6.07, 6.45) is 1.55. The van der Waals surface area contributed by atoms with Crippen LogP contribution >= 0.6 is 11.6 Å². The Kier molecular flexibility index (Phi) is 9.24. The molecule has 1 aromatic heterocycles. The number of aryl methyl sites for hydroxylation is 2. The lowest BCUT2D eigenvalue weighted by atomic mass is 10.1. The molecule has 2 N–H and O–H groups in total. The molecular weight excluding hydrogens is 516 g/mol. The quantitative estimate of drug-likeness (QED) is 0.372. The molecule has 1 aliphatic carbocycles. The Bertz CT molecular complexity index is 1320. The SMILES string of the molecule is Cc1nc(-c2ccc(C)c(NCC(=O)N(CCNC(C)C)CC(=O)N(C)C3Cc4ccc(Cl)cc4C3)c2)no1. The normalized spacial score (nSPS) is 14.4. The molecule has 10 heteroatoms. The number of carbonyl (C=O) groups excluding carboxylic acids is 2. The Morgan fingerprint density at radius 2 is 1.87 bits per heavy atom. The van der Waals surface area contributed by atoms with E-state index >= 15 is 0 Å². The first-order valence-electron chi connectivity index (χ1n) is 13.3. The summed E-state index contributed by atoms with van der Waals surface area (Å²) in [5.41, 5.74) is 4.97. The molecule has 1 aliphatic rings. The van der Waals surface area contributed by atoms with Gasteiger partial charge in [-0.3, -0.25) is 9.59 Å². The number of carbonyl (C=O) groups is 2. The number of likely N-dealkylation sites (N-methyl/N-ethyl adjacent to an activating group) is 1. The molecule has 9 nitrogen and oxygen atoms in total. The lowest BCUT2D eigenvalue weighted by Crippen LogP contribution is -2.48. The third kappa shape index (κ3) is 7.36. The van der Waals surface area contributed by atoms with E-state index in [0.717, 1.165) is 29.7 Å². The van der Waals surface area contributed by atoms with Crippen molar-refractivity contribution in [2.24, 2.45) is 0 Å². The Morgan fingerprint density at radius 3 is 2.59 bits per heavy atom. The van der Waals surface area contributed by atoms with Crippen molar-refractivity contribution in [3.8, 4) is 11.4 Å². The van der Waals surface area contributed by atoms with Crippen molar-refractivity contribution < 1.29 is 14.1 Å². The first-order chi connectivity index (χ1) is 18.6. The number of fused-ring (bicyclic) bond motifs is 1. The van der Waals surface area contributed by atoms with E-state index in [4.69, 9.17) is 16.1 Å². The van der Waals surface area contributed by atoms with E-state index in [0.29, 0.717) is 29.8 Å². The highest BCUT2D eigenvalue weighted by Gasteiger charge is 2.29. The van der Waals surface area contributed by atoms with Gasteiger partial charge in [0.05, 0.1) is 13.1 Å². The van der Waals surface area contributed by atoms with Crippen LogP contribution in [0.1, 0.15) is 36.4 Å². The zero-order valence-corrected chi connectivity index (χ0v) is 24.0. The molecule has 2 aromatic carbocycles. The smallest absolute Gasteiger partial charge is 0.242 e. The predicted molar refractivity (Wildman–Crippen MR) is 153 cm³/mol. The van der Waals surface area contributed by atoms with Crippen molar-refractivity contribution in [1.29, 1.82) is 0 Å². The number of aromatic nitrogens is 2.